The fourth-order valence-electron chi connectivity index (χ4n) is 2.48. The molecule has 0 unspecified atom stereocenters. The average Bonchev–Trinajstić information content (AvgIpc) is 3.22. The van der Waals surface area contributed by atoms with Gasteiger partial charge >= 0.3 is 12.0 Å². The van der Waals surface area contributed by atoms with E-state index in [2.05, 4.69) is 10.1 Å². The van der Waals surface area contributed by atoms with Gasteiger partial charge in [-0.15, -0.1) is 0 Å². The third-order valence-corrected chi connectivity index (χ3v) is 3.76. The summed E-state index contributed by atoms with van der Waals surface area (Å²) >= 11 is 0. The minimum Gasteiger partial charge on any atom is -0.463 e. The number of nitro groups is 1. The fourth-order valence-corrected chi connectivity index (χ4v) is 2.48. The Labute approximate surface area is 152 Å². The van der Waals surface area contributed by atoms with Gasteiger partial charge in [-0.1, -0.05) is 12.1 Å². The summed E-state index contributed by atoms with van der Waals surface area (Å²) in [7, 11) is 1.20. The third-order valence-electron chi connectivity index (χ3n) is 3.76. The molecular formula is C17H13N3O7. The first-order valence-corrected chi connectivity index (χ1v) is 7.65. The zero-order valence-corrected chi connectivity index (χ0v) is 14.0. The van der Waals surface area contributed by atoms with E-state index in [4.69, 9.17) is 4.42 Å². The number of nitrogens with one attached hydrogen (secondary N) is 1. The van der Waals surface area contributed by atoms with E-state index in [9.17, 15) is 24.5 Å². The molecule has 1 N–H and O–H groups in total. The molecule has 1 fully saturated rings. The van der Waals surface area contributed by atoms with Crippen molar-refractivity contribution in [2.24, 2.45) is 0 Å². The quantitative estimate of drug-likeness (QED) is 0.280. The highest BCUT2D eigenvalue weighted by Gasteiger charge is 2.34. The highest BCUT2D eigenvalue weighted by Crippen LogP contribution is 2.23. The topological polar surface area (TPSA) is 132 Å². The number of ether oxygens (including phenoxy) is 1. The molecule has 0 aliphatic carbocycles. The van der Waals surface area contributed by atoms with Crippen LogP contribution in [-0.4, -0.2) is 34.8 Å². The SMILES string of the molecule is COC(=O)c1ccc(CN2C(=O)NC(=Cc3ccccc3[N+](=O)[O-])C2=O)o1. The van der Waals surface area contributed by atoms with Crippen molar-refractivity contribution in [3.63, 3.8) is 0 Å². The van der Waals surface area contributed by atoms with E-state index in [-0.39, 0.29) is 35.0 Å². The Morgan fingerprint density at radius 1 is 1.30 bits per heavy atom. The van der Waals surface area contributed by atoms with Gasteiger partial charge in [0.1, 0.15) is 11.5 Å². The Bertz CT molecular complexity index is 976. The van der Waals surface area contributed by atoms with Crippen molar-refractivity contribution in [2.75, 3.05) is 7.11 Å². The molecule has 2 aromatic rings. The van der Waals surface area contributed by atoms with Gasteiger partial charge in [-0.05, 0) is 24.3 Å². The smallest absolute Gasteiger partial charge is 0.373 e. The number of hydrogen-bond donors (Lipinski definition) is 1. The van der Waals surface area contributed by atoms with E-state index in [1.807, 2.05) is 0 Å². The predicted octanol–water partition coefficient (Wildman–Crippen LogP) is 2.07. The van der Waals surface area contributed by atoms with Gasteiger partial charge in [-0.2, -0.15) is 0 Å². The van der Waals surface area contributed by atoms with E-state index < -0.39 is 22.8 Å². The first kappa shape index (κ1) is 17.9. The highest BCUT2D eigenvalue weighted by atomic mass is 16.6. The highest BCUT2D eigenvalue weighted by molar-refractivity contribution is 6.14. The average molecular weight is 371 g/mol. The van der Waals surface area contributed by atoms with Gasteiger partial charge < -0.3 is 14.5 Å². The second-order valence-corrected chi connectivity index (χ2v) is 5.45. The van der Waals surface area contributed by atoms with Crippen LogP contribution in [0.25, 0.3) is 6.08 Å². The van der Waals surface area contributed by atoms with E-state index in [0.717, 1.165) is 4.90 Å². The Balaban J connectivity index is 1.82. The molecule has 0 radical (unpaired) electrons. The minimum atomic E-state index is -0.708. The summed E-state index contributed by atoms with van der Waals surface area (Å²) in [5.74, 6) is -1.22. The number of esters is 1. The van der Waals surface area contributed by atoms with E-state index in [1.54, 1.807) is 6.07 Å². The van der Waals surface area contributed by atoms with Gasteiger partial charge in [0.15, 0.2) is 0 Å². The fraction of sp³-hybridized carbons (Fsp3) is 0.118. The Morgan fingerprint density at radius 3 is 2.74 bits per heavy atom. The van der Waals surface area contributed by atoms with Crippen LogP contribution in [0.1, 0.15) is 21.9 Å². The monoisotopic (exact) mass is 371 g/mol. The number of nitro benzene ring substituents is 1. The van der Waals surface area contributed by atoms with Crippen LogP contribution in [0.15, 0.2) is 46.5 Å². The molecule has 27 heavy (non-hydrogen) atoms. The van der Waals surface area contributed by atoms with E-state index in [0.29, 0.717) is 0 Å². The summed E-state index contributed by atoms with van der Waals surface area (Å²) < 4.78 is 9.76. The number of amides is 3. The number of carbonyl (C=O) groups is 3. The van der Waals surface area contributed by atoms with Crippen LogP contribution in [0.4, 0.5) is 10.5 Å². The number of carbonyl (C=O) groups excluding carboxylic acids is 3. The zero-order chi connectivity index (χ0) is 19.6. The van der Waals surface area contributed by atoms with Gasteiger partial charge in [-0.25, -0.2) is 9.59 Å². The number of nitrogens with zero attached hydrogens (tertiary/aromatic N) is 2. The second kappa shape index (κ2) is 7.12. The Kier molecular flexibility index (Phi) is 4.71. The molecular weight excluding hydrogens is 358 g/mol. The zero-order valence-electron chi connectivity index (χ0n) is 14.0. The summed E-state index contributed by atoms with van der Waals surface area (Å²) in [5.41, 5.74) is -0.118. The summed E-state index contributed by atoms with van der Waals surface area (Å²) in [4.78, 5) is 47.3. The molecule has 3 amide bonds. The molecule has 0 spiro atoms. The van der Waals surface area contributed by atoms with Crippen LogP contribution in [-0.2, 0) is 16.1 Å². The second-order valence-electron chi connectivity index (χ2n) is 5.45. The maximum absolute atomic E-state index is 12.5. The minimum absolute atomic E-state index is 0.0600. The molecule has 10 heteroatoms. The number of methoxy groups -OCH3 is 1. The van der Waals surface area contributed by atoms with Crippen LogP contribution >= 0.6 is 0 Å². The lowest BCUT2D eigenvalue weighted by Crippen LogP contribution is -2.30. The molecule has 0 bridgehead atoms. The standard InChI is InChI=1S/C17H13N3O7/c1-26-16(22)14-7-6-11(27-14)9-19-15(21)12(18-17(19)23)8-10-4-2-3-5-13(10)20(24)25/h2-8H,9H2,1H3,(H,18,23). The maximum Gasteiger partial charge on any atom is 0.373 e. The van der Waals surface area contributed by atoms with Gasteiger partial charge in [0.25, 0.3) is 11.6 Å². The lowest BCUT2D eigenvalue weighted by molar-refractivity contribution is -0.385. The normalized spacial score (nSPS) is 15.1. The van der Waals surface area contributed by atoms with Gasteiger partial charge in [0.2, 0.25) is 5.76 Å². The molecule has 1 aromatic heterocycles. The predicted molar refractivity (Wildman–Crippen MR) is 90.2 cm³/mol. The van der Waals surface area contributed by atoms with Crippen molar-refractivity contribution in [1.82, 2.24) is 10.2 Å². The van der Waals surface area contributed by atoms with Gasteiger partial charge in [0.05, 0.1) is 24.1 Å². The number of benzene rings is 1. The lowest BCUT2D eigenvalue weighted by Gasteiger charge is -2.09. The van der Waals surface area contributed by atoms with E-state index >= 15 is 0 Å². The van der Waals surface area contributed by atoms with Gasteiger partial charge in [-0.3, -0.25) is 19.8 Å². The summed E-state index contributed by atoms with van der Waals surface area (Å²) in [6.45, 7) is -0.212. The van der Waals surface area contributed by atoms with Crippen molar-refractivity contribution in [3.05, 3.63) is 69.3 Å². The van der Waals surface area contributed by atoms with Crippen molar-refractivity contribution >= 4 is 29.7 Å². The van der Waals surface area contributed by atoms with Crippen LogP contribution in [0.3, 0.4) is 0 Å². The third kappa shape index (κ3) is 3.54. The van der Waals surface area contributed by atoms with Crippen molar-refractivity contribution in [1.29, 1.82) is 0 Å². The molecule has 10 nitrogen and oxygen atoms in total. The molecule has 1 aromatic carbocycles. The molecule has 2 heterocycles. The number of urea groups is 1. The number of rotatable bonds is 5. The van der Waals surface area contributed by atoms with Crippen LogP contribution < -0.4 is 5.32 Å². The first-order valence-electron chi connectivity index (χ1n) is 7.65. The molecule has 0 saturated carbocycles. The van der Waals surface area contributed by atoms with Crippen molar-refractivity contribution < 1.29 is 28.5 Å². The summed E-state index contributed by atoms with van der Waals surface area (Å²) in [6, 6.07) is 7.93. The molecule has 1 aliphatic heterocycles. The molecule has 1 aliphatic rings. The molecule has 0 atom stereocenters. The van der Waals surface area contributed by atoms with Crippen LogP contribution in [0.5, 0.6) is 0 Å². The molecule has 138 valence electrons. The number of hydrogen-bond acceptors (Lipinski definition) is 7. The lowest BCUT2D eigenvalue weighted by atomic mass is 10.1. The Morgan fingerprint density at radius 2 is 2.04 bits per heavy atom. The largest absolute Gasteiger partial charge is 0.463 e. The molecule has 1 saturated heterocycles. The van der Waals surface area contributed by atoms with Crippen molar-refractivity contribution in [3.8, 4) is 0 Å². The van der Waals surface area contributed by atoms with Crippen molar-refractivity contribution in [2.45, 2.75) is 6.54 Å². The summed E-state index contributed by atoms with van der Waals surface area (Å²) in [5, 5.41) is 13.4. The Hall–Kier alpha value is -3.95. The number of furan rings is 1. The van der Waals surface area contributed by atoms with Gasteiger partial charge in [0, 0.05) is 6.07 Å². The summed E-state index contributed by atoms with van der Waals surface area (Å²) in [6.07, 6.45) is 1.24. The molecule has 3 rings (SSSR count). The number of para-hydroxylation sites is 1. The number of imide groups is 1. The van der Waals surface area contributed by atoms with Crippen LogP contribution in [0.2, 0.25) is 0 Å². The first-order chi connectivity index (χ1) is 12.9. The van der Waals surface area contributed by atoms with Crippen LogP contribution in [0, 0.1) is 10.1 Å². The maximum atomic E-state index is 12.5. The van der Waals surface area contributed by atoms with E-state index in [1.165, 1.54) is 43.5 Å².